The van der Waals surface area contributed by atoms with E-state index in [0.29, 0.717) is 0 Å². The van der Waals surface area contributed by atoms with Gasteiger partial charge in [0.15, 0.2) is 0 Å². The van der Waals surface area contributed by atoms with Gasteiger partial charge in [0, 0.05) is 30.7 Å². The van der Waals surface area contributed by atoms with Crippen LogP contribution in [0.4, 0.5) is 5.82 Å². The zero-order valence-corrected chi connectivity index (χ0v) is 13.7. The second-order valence-electron chi connectivity index (χ2n) is 7.17. The van der Waals surface area contributed by atoms with Crippen molar-refractivity contribution in [2.75, 3.05) is 25.0 Å². The number of anilines is 1. The fourth-order valence-electron chi connectivity index (χ4n) is 2.66. The number of hydrogen-bond donors (Lipinski definition) is 1. The molecule has 2 heterocycles. The Morgan fingerprint density at radius 2 is 1.90 bits per heavy atom. The van der Waals surface area contributed by atoms with Crippen LogP contribution < -0.4 is 10.2 Å². The van der Waals surface area contributed by atoms with Crippen LogP contribution in [0.5, 0.6) is 0 Å². The van der Waals surface area contributed by atoms with E-state index in [9.17, 15) is 0 Å². The number of nitrogens with one attached hydrogen (secondary N) is 1. The van der Waals surface area contributed by atoms with Crippen LogP contribution in [-0.4, -0.2) is 25.1 Å². The third-order valence-corrected chi connectivity index (χ3v) is 4.13. The molecule has 1 aromatic heterocycles. The molecule has 1 N–H and O–H groups in total. The van der Waals surface area contributed by atoms with E-state index < -0.39 is 0 Å². The number of hydrogen-bond acceptors (Lipinski definition) is 3. The fraction of sp³-hybridized carbons (Fsp3) is 0.706. The van der Waals surface area contributed by atoms with E-state index in [2.05, 4.69) is 50.0 Å². The lowest BCUT2D eigenvalue weighted by atomic mass is 9.90. The Morgan fingerprint density at radius 1 is 1.25 bits per heavy atom. The summed E-state index contributed by atoms with van der Waals surface area (Å²) in [5, 5.41) is 3.25. The summed E-state index contributed by atoms with van der Waals surface area (Å²) >= 11 is 0. The molecule has 112 valence electrons. The Labute approximate surface area is 123 Å². The molecule has 2 rings (SSSR count). The molecule has 3 heteroatoms. The highest BCUT2D eigenvalue weighted by Crippen LogP contribution is 2.27. The minimum atomic E-state index is 0.0988. The average molecular weight is 275 g/mol. The van der Waals surface area contributed by atoms with Crippen molar-refractivity contribution in [3.63, 3.8) is 0 Å². The lowest BCUT2D eigenvalue weighted by Crippen LogP contribution is -2.34. The van der Waals surface area contributed by atoms with Crippen molar-refractivity contribution in [3.8, 4) is 0 Å². The first-order valence-electron chi connectivity index (χ1n) is 7.81. The maximum Gasteiger partial charge on any atom is 0.129 e. The normalized spacial score (nSPS) is 17.6. The molecule has 0 aromatic carbocycles. The summed E-state index contributed by atoms with van der Waals surface area (Å²) in [5.41, 5.74) is 2.63. The van der Waals surface area contributed by atoms with Crippen LogP contribution in [0.15, 0.2) is 12.1 Å². The van der Waals surface area contributed by atoms with Crippen LogP contribution in [0.3, 0.4) is 0 Å². The molecule has 1 aliphatic rings. The van der Waals surface area contributed by atoms with Crippen LogP contribution >= 0.6 is 0 Å². The summed E-state index contributed by atoms with van der Waals surface area (Å²) in [7, 11) is 2.00. The Hall–Kier alpha value is -1.09. The van der Waals surface area contributed by atoms with Gasteiger partial charge in [0.1, 0.15) is 5.82 Å². The van der Waals surface area contributed by atoms with Gasteiger partial charge in [-0.3, -0.25) is 0 Å². The van der Waals surface area contributed by atoms with Gasteiger partial charge in [-0.05, 0) is 43.5 Å². The molecule has 0 radical (unpaired) electrons. The maximum atomic E-state index is 4.93. The SMILES string of the molecule is CNCc1cc(N2CCC(C)CC2)nc(C(C)(C)C)c1. The van der Waals surface area contributed by atoms with Gasteiger partial charge in [-0.15, -0.1) is 0 Å². The topological polar surface area (TPSA) is 28.2 Å². The monoisotopic (exact) mass is 275 g/mol. The van der Waals surface area contributed by atoms with Crippen molar-refractivity contribution in [2.45, 2.75) is 52.5 Å². The Balaban J connectivity index is 2.29. The second kappa shape index (κ2) is 6.13. The third kappa shape index (κ3) is 3.72. The van der Waals surface area contributed by atoms with Gasteiger partial charge in [-0.1, -0.05) is 27.7 Å². The molecular weight excluding hydrogens is 246 g/mol. The minimum Gasteiger partial charge on any atom is -0.357 e. The van der Waals surface area contributed by atoms with Crippen LogP contribution in [0.1, 0.15) is 51.8 Å². The molecular formula is C17H29N3. The smallest absolute Gasteiger partial charge is 0.129 e. The van der Waals surface area contributed by atoms with Gasteiger partial charge < -0.3 is 10.2 Å². The van der Waals surface area contributed by atoms with E-state index in [0.717, 1.165) is 31.4 Å². The molecule has 1 aromatic rings. The Kier molecular flexibility index (Phi) is 4.69. The Morgan fingerprint density at radius 3 is 2.45 bits per heavy atom. The number of rotatable bonds is 3. The largest absolute Gasteiger partial charge is 0.357 e. The first-order valence-corrected chi connectivity index (χ1v) is 7.81. The van der Waals surface area contributed by atoms with Crippen molar-refractivity contribution < 1.29 is 0 Å². The maximum absolute atomic E-state index is 4.93. The average Bonchev–Trinajstić information content (AvgIpc) is 2.38. The number of pyridine rings is 1. The molecule has 3 nitrogen and oxygen atoms in total. The van der Waals surface area contributed by atoms with Gasteiger partial charge >= 0.3 is 0 Å². The quantitative estimate of drug-likeness (QED) is 0.917. The van der Waals surface area contributed by atoms with Crippen molar-refractivity contribution >= 4 is 5.82 Å². The Bertz CT molecular complexity index is 440. The van der Waals surface area contributed by atoms with E-state index in [1.165, 1.54) is 24.1 Å². The summed E-state index contributed by atoms with van der Waals surface area (Å²) in [5.74, 6) is 2.02. The summed E-state index contributed by atoms with van der Waals surface area (Å²) in [6.45, 7) is 12.2. The second-order valence-corrected chi connectivity index (χ2v) is 7.17. The lowest BCUT2D eigenvalue weighted by Gasteiger charge is -2.32. The van der Waals surface area contributed by atoms with Crippen molar-refractivity contribution in [1.82, 2.24) is 10.3 Å². The zero-order valence-electron chi connectivity index (χ0n) is 13.7. The zero-order chi connectivity index (χ0) is 14.8. The highest BCUT2D eigenvalue weighted by molar-refractivity contribution is 5.44. The van der Waals surface area contributed by atoms with Crippen LogP contribution in [-0.2, 0) is 12.0 Å². The first-order chi connectivity index (χ1) is 9.40. The molecule has 0 bridgehead atoms. The van der Waals surface area contributed by atoms with Crippen LogP contribution in [0, 0.1) is 5.92 Å². The number of piperidine rings is 1. The van der Waals surface area contributed by atoms with E-state index >= 15 is 0 Å². The van der Waals surface area contributed by atoms with E-state index in [4.69, 9.17) is 4.98 Å². The van der Waals surface area contributed by atoms with Crippen molar-refractivity contribution in [3.05, 3.63) is 23.4 Å². The number of nitrogens with zero attached hydrogens (tertiary/aromatic N) is 2. The van der Waals surface area contributed by atoms with Crippen molar-refractivity contribution in [1.29, 1.82) is 0 Å². The summed E-state index contributed by atoms with van der Waals surface area (Å²) < 4.78 is 0. The fourth-order valence-corrected chi connectivity index (χ4v) is 2.66. The molecule has 0 unspecified atom stereocenters. The minimum absolute atomic E-state index is 0.0988. The van der Waals surface area contributed by atoms with E-state index in [-0.39, 0.29) is 5.41 Å². The first kappa shape index (κ1) is 15.3. The van der Waals surface area contributed by atoms with Gasteiger partial charge in [0.2, 0.25) is 0 Å². The third-order valence-electron chi connectivity index (χ3n) is 4.13. The highest BCUT2D eigenvalue weighted by atomic mass is 15.2. The molecule has 0 spiro atoms. The summed E-state index contributed by atoms with van der Waals surface area (Å²) in [6.07, 6.45) is 2.56. The molecule has 1 saturated heterocycles. The molecule has 20 heavy (non-hydrogen) atoms. The van der Waals surface area contributed by atoms with Gasteiger partial charge in [-0.25, -0.2) is 4.98 Å². The number of aromatic nitrogens is 1. The molecule has 1 fully saturated rings. The highest BCUT2D eigenvalue weighted by Gasteiger charge is 2.21. The summed E-state index contributed by atoms with van der Waals surface area (Å²) in [4.78, 5) is 7.39. The summed E-state index contributed by atoms with van der Waals surface area (Å²) in [6, 6.07) is 4.49. The van der Waals surface area contributed by atoms with E-state index in [1.54, 1.807) is 0 Å². The van der Waals surface area contributed by atoms with Gasteiger partial charge in [0.05, 0.1) is 0 Å². The standard InChI is InChI=1S/C17H29N3/c1-13-6-8-20(9-7-13)16-11-14(12-18-5)10-15(19-16)17(2,3)4/h10-11,13,18H,6-9,12H2,1-5H3. The van der Waals surface area contributed by atoms with Crippen LogP contribution in [0.2, 0.25) is 0 Å². The molecule has 0 amide bonds. The lowest BCUT2D eigenvalue weighted by molar-refractivity contribution is 0.435. The van der Waals surface area contributed by atoms with Crippen molar-refractivity contribution in [2.24, 2.45) is 5.92 Å². The van der Waals surface area contributed by atoms with Crippen LogP contribution in [0.25, 0.3) is 0 Å². The predicted octanol–water partition coefficient (Wildman–Crippen LogP) is 3.33. The van der Waals surface area contributed by atoms with Gasteiger partial charge in [0.25, 0.3) is 0 Å². The molecule has 0 atom stereocenters. The van der Waals surface area contributed by atoms with E-state index in [1.807, 2.05) is 7.05 Å². The predicted molar refractivity (Wildman–Crippen MR) is 86.3 cm³/mol. The molecule has 0 aliphatic carbocycles. The molecule has 1 aliphatic heterocycles. The van der Waals surface area contributed by atoms with Gasteiger partial charge in [-0.2, -0.15) is 0 Å². The molecule has 0 saturated carbocycles.